The maximum Gasteiger partial charge on any atom is 0.214 e. The smallest absolute Gasteiger partial charge is 0.194 e. The highest BCUT2D eigenvalue weighted by Gasteiger charge is 2.22. The van der Waals surface area contributed by atoms with Crippen LogP contribution in [0.25, 0.3) is 42.3 Å². The van der Waals surface area contributed by atoms with E-state index in [1.165, 1.54) is 53.1 Å². The zero-order valence-electron chi connectivity index (χ0n) is 17.7. The van der Waals surface area contributed by atoms with E-state index < -0.39 is 8.07 Å². The van der Waals surface area contributed by atoms with Gasteiger partial charge >= 0.3 is 0 Å². The van der Waals surface area contributed by atoms with E-state index in [-0.39, 0.29) is 0 Å². The van der Waals surface area contributed by atoms with E-state index in [1.54, 1.807) is 0 Å². The van der Waals surface area contributed by atoms with E-state index in [0.717, 1.165) is 0 Å². The molecule has 3 aromatic carbocycles. The predicted octanol–water partition coefficient (Wildman–Crippen LogP) is 6.55. The Labute approximate surface area is 177 Å². The van der Waals surface area contributed by atoms with Crippen molar-refractivity contribution in [1.29, 1.82) is 0 Å². The molecular formula is C26H26NSSi+. The van der Waals surface area contributed by atoms with Gasteiger partial charge in [-0.15, -0.1) is 11.3 Å². The van der Waals surface area contributed by atoms with Crippen molar-refractivity contribution in [3.8, 4) is 11.3 Å². The maximum atomic E-state index is 2.41. The van der Waals surface area contributed by atoms with E-state index in [0.29, 0.717) is 0 Å². The first kappa shape index (κ1) is 18.5. The molecule has 0 aliphatic carbocycles. The van der Waals surface area contributed by atoms with Crippen LogP contribution in [0.2, 0.25) is 19.6 Å². The van der Waals surface area contributed by atoms with E-state index in [9.17, 15) is 0 Å². The van der Waals surface area contributed by atoms with Crippen LogP contribution in [0.1, 0.15) is 5.56 Å². The normalized spacial score (nSPS) is 12.3. The summed E-state index contributed by atoms with van der Waals surface area (Å²) in [5.41, 5.74) is 5.27. The summed E-state index contributed by atoms with van der Waals surface area (Å²) in [5.74, 6) is 0. The maximum absolute atomic E-state index is 2.41. The van der Waals surface area contributed by atoms with Crippen LogP contribution in [0.3, 0.4) is 0 Å². The predicted molar refractivity (Wildman–Crippen MR) is 131 cm³/mol. The molecule has 2 heterocycles. The first-order valence-electron chi connectivity index (χ1n) is 10.2. The molecule has 29 heavy (non-hydrogen) atoms. The average Bonchev–Trinajstić information content (AvgIpc) is 3.06. The number of hydrogen-bond donors (Lipinski definition) is 0. The molecule has 0 fully saturated rings. The first-order valence-corrected chi connectivity index (χ1v) is 14.5. The Morgan fingerprint density at radius 2 is 1.62 bits per heavy atom. The van der Waals surface area contributed by atoms with Gasteiger partial charge in [-0.3, -0.25) is 0 Å². The van der Waals surface area contributed by atoms with Gasteiger partial charge in [0.1, 0.15) is 7.05 Å². The minimum Gasteiger partial charge on any atom is -0.194 e. The van der Waals surface area contributed by atoms with Gasteiger partial charge in [-0.25, -0.2) is 0 Å². The van der Waals surface area contributed by atoms with Crippen molar-refractivity contribution in [1.82, 2.24) is 0 Å². The highest BCUT2D eigenvalue weighted by atomic mass is 32.1. The van der Waals surface area contributed by atoms with Gasteiger partial charge < -0.3 is 0 Å². The van der Waals surface area contributed by atoms with Crippen molar-refractivity contribution in [2.75, 3.05) is 0 Å². The zero-order valence-corrected chi connectivity index (χ0v) is 19.5. The van der Waals surface area contributed by atoms with Crippen LogP contribution in [0.15, 0.2) is 66.7 Å². The Balaban J connectivity index is 1.80. The molecule has 0 spiro atoms. The van der Waals surface area contributed by atoms with Gasteiger partial charge in [0.25, 0.3) is 0 Å². The summed E-state index contributed by atoms with van der Waals surface area (Å²) in [6.45, 7) is 9.47. The summed E-state index contributed by atoms with van der Waals surface area (Å²) in [6.07, 6.45) is 0. The number of fused-ring (bicyclic) bond motifs is 4. The SMILES string of the molecule is Cc1ccc2c(sc3ccccc32)c1-c1ccc2cc([Si](C)(C)C)ccc2[n+]1C. The highest BCUT2D eigenvalue weighted by Crippen LogP contribution is 2.40. The molecule has 5 aromatic rings. The van der Waals surface area contributed by atoms with Crippen LogP contribution in [-0.2, 0) is 7.05 Å². The molecule has 0 saturated heterocycles. The van der Waals surface area contributed by atoms with E-state index in [4.69, 9.17) is 0 Å². The van der Waals surface area contributed by atoms with Crippen LogP contribution in [0.4, 0.5) is 0 Å². The molecule has 1 nitrogen and oxygen atoms in total. The largest absolute Gasteiger partial charge is 0.214 e. The molecule has 0 bridgehead atoms. The molecular weight excluding hydrogens is 386 g/mol. The fraction of sp³-hybridized carbons (Fsp3) is 0.192. The number of pyridine rings is 1. The molecule has 0 amide bonds. The van der Waals surface area contributed by atoms with Gasteiger partial charge in [-0.1, -0.05) is 61.2 Å². The fourth-order valence-corrected chi connectivity index (χ4v) is 6.81. The highest BCUT2D eigenvalue weighted by molar-refractivity contribution is 7.26. The van der Waals surface area contributed by atoms with Crippen molar-refractivity contribution in [2.24, 2.45) is 7.05 Å². The molecule has 0 aliphatic rings. The average molecular weight is 413 g/mol. The standard InChI is InChI=1S/C26H26NSSi/c1-17-10-13-21-20-8-6-7-9-24(20)28-26(21)25(17)23-14-11-18-16-19(29(3,4)5)12-15-22(18)27(23)2/h6-16H,1-5H3/q+1. The number of aromatic nitrogens is 1. The van der Waals surface area contributed by atoms with Gasteiger partial charge in [0.2, 0.25) is 11.2 Å². The number of aryl methyl sites for hydroxylation is 2. The van der Waals surface area contributed by atoms with Gasteiger partial charge in [0.05, 0.1) is 13.6 Å². The third kappa shape index (κ3) is 2.92. The van der Waals surface area contributed by atoms with Crippen molar-refractivity contribution < 1.29 is 4.57 Å². The van der Waals surface area contributed by atoms with Gasteiger partial charge in [0, 0.05) is 37.7 Å². The Kier molecular flexibility index (Phi) is 4.16. The Hall–Kier alpha value is -2.49. The summed E-state index contributed by atoms with van der Waals surface area (Å²) in [6, 6.07) is 25.0. The number of hydrogen-bond acceptors (Lipinski definition) is 1. The van der Waals surface area contributed by atoms with Crippen molar-refractivity contribution in [3.05, 3.63) is 72.3 Å². The molecule has 0 radical (unpaired) electrons. The van der Waals surface area contributed by atoms with Crippen LogP contribution in [-0.4, -0.2) is 8.07 Å². The van der Waals surface area contributed by atoms with Crippen molar-refractivity contribution in [2.45, 2.75) is 26.6 Å². The second-order valence-corrected chi connectivity index (χ2v) is 15.2. The van der Waals surface area contributed by atoms with Gasteiger partial charge in [-0.05, 0) is 30.7 Å². The van der Waals surface area contributed by atoms with Crippen LogP contribution >= 0.6 is 11.3 Å². The van der Waals surface area contributed by atoms with Gasteiger partial charge in [-0.2, -0.15) is 4.57 Å². The summed E-state index contributed by atoms with van der Waals surface area (Å²) >= 11 is 1.91. The Morgan fingerprint density at radius 1 is 0.828 bits per heavy atom. The van der Waals surface area contributed by atoms with Crippen LogP contribution in [0.5, 0.6) is 0 Å². The molecule has 0 unspecified atom stereocenters. The lowest BCUT2D eigenvalue weighted by molar-refractivity contribution is -0.633. The number of benzene rings is 3. The number of rotatable bonds is 2. The molecule has 0 N–H and O–H groups in total. The first-order chi connectivity index (χ1) is 13.8. The molecule has 3 heteroatoms. The lowest BCUT2D eigenvalue weighted by Crippen LogP contribution is -2.38. The van der Waals surface area contributed by atoms with Crippen LogP contribution in [0, 0.1) is 6.92 Å². The second-order valence-electron chi connectivity index (χ2n) is 9.03. The molecule has 0 saturated carbocycles. The van der Waals surface area contributed by atoms with Crippen molar-refractivity contribution in [3.63, 3.8) is 0 Å². The molecule has 144 valence electrons. The van der Waals surface area contributed by atoms with Crippen LogP contribution < -0.4 is 9.75 Å². The molecule has 5 rings (SSSR count). The second kappa shape index (κ2) is 6.51. The minimum absolute atomic E-state index is 1.29. The molecule has 0 atom stereocenters. The lowest BCUT2D eigenvalue weighted by Gasteiger charge is -2.17. The quantitative estimate of drug-likeness (QED) is 0.228. The van der Waals surface area contributed by atoms with E-state index in [1.807, 2.05) is 11.3 Å². The minimum atomic E-state index is -1.32. The lowest BCUT2D eigenvalue weighted by atomic mass is 10.0. The Morgan fingerprint density at radius 3 is 2.41 bits per heavy atom. The summed E-state index contributed by atoms with van der Waals surface area (Å²) in [5, 5.41) is 5.57. The number of nitrogens with zero attached hydrogens (tertiary/aromatic N) is 1. The van der Waals surface area contributed by atoms with E-state index >= 15 is 0 Å². The zero-order chi connectivity index (χ0) is 20.3. The monoisotopic (exact) mass is 412 g/mol. The Bertz CT molecular complexity index is 1410. The fourth-order valence-electron chi connectivity index (χ4n) is 4.33. The number of thiophene rings is 1. The topological polar surface area (TPSA) is 3.88 Å². The molecule has 2 aromatic heterocycles. The summed E-state index contributed by atoms with van der Waals surface area (Å²) in [7, 11) is 0.889. The third-order valence-electron chi connectivity index (χ3n) is 6.05. The third-order valence-corrected chi connectivity index (χ3v) is 9.30. The summed E-state index contributed by atoms with van der Waals surface area (Å²) < 4.78 is 5.12. The molecule has 0 aliphatic heterocycles. The van der Waals surface area contributed by atoms with Gasteiger partial charge in [0.15, 0.2) is 0 Å². The van der Waals surface area contributed by atoms with E-state index in [2.05, 4.69) is 105 Å². The van der Waals surface area contributed by atoms with Crippen molar-refractivity contribution >= 4 is 55.7 Å². The summed E-state index contributed by atoms with van der Waals surface area (Å²) in [4.78, 5) is 0.